The molecule has 1 nitrogen and oxygen atoms in total. The van der Waals surface area contributed by atoms with Gasteiger partial charge in [0.1, 0.15) is 0 Å². The largest absolute Gasteiger partial charge is 0.304 e. The van der Waals surface area contributed by atoms with Crippen LogP contribution in [0.15, 0.2) is 0 Å². The Labute approximate surface area is 68.2 Å². The van der Waals surface area contributed by atoms with Crippen molar-refractivity contribution in [1.82, 2.24) is 4.90 Å². The van der Waals surface area contributed by atoms with Crippen molar-refractivity contribution >= 4 is 10.2 Å². The van der Waals surface area contributed by atoms with Crippen molar-refractivity contribution < 1.29 is 0 Å². The van der Waals surface area contributed by atoms with Crippen molar-refractivity contribution in [1.29, 1.82) is 0 Å². The van der Waals surface area contributed by atoms with Crippen molar-refractivity contribution in [2.24, 2.45) is 0 Å². The number of rotatable bonds is 5. The minimum atomic E-state index is 0.861. The van der Waals surface area contributed by atoms with E-state index in [1.807, 2.05) is 0 Å². The van der Waals surface area contributed by atoms with Crippen LogP contribution in [-0.2, 0) is 0 Å². The lowest BCUT2D eigenvalue weighted by Crippen LogP contribution is -2.34. The van der Waals surface area contributed by atoms with E-state index in [-0.39, 0.29) is 0 Å². The lowest BCUT2D eigenvalue weighted by atomic mass is 10.3. The van der Waals surface area contributed by atoms with E-state index in [1.54, 1.807) is 0 Å². The van der Waals surface area contributed by atoms with Crippen molar-refractivity contribution in [3.63, 3.8) is 0 Å². The first kappa shape index (κ1) is 10.2. The van der Waals surface area contributed by atoms with Crippen LogP contribution in [0, 0.1) is 0 Å². The molecule has 1 unspecified atom stereocenters. The summed E-state index contributed by atoms with van der Waals surface area (Å²) in [4.78, 5) is 2.59. The second-order valence-corrected chi connectivity index (χ2v) is 4.80. The summed E-state index contributed by atoms with van der Waals surface area (Å²) in [6.07, 6.45) is 2.60. The minimum Gasteiger partial charge on any atom is -0.304 e. The third-order valence-electron chi connectivity index (χ3n) is 1.75. The summed E-state index contributed by atoms with van der Waals surface area (Å²) >= 11 is 0. The monoisotopic (exact) mass is 159 g/mol. The average Bonchev–Trinajstić information content (AvgIpc) is 1.87. The van der Waals surface area contributed by atoms with Gasteiger partial charge in [-0.3, -0.25) is 0 Å². The second kappa shape index (κ2) is 5.92. The van der Waals surface area contributed by atoms with Crippen molar-refractivity contribution in [3.8, 4) is 0 Å². The average molecular weight is 159 g/mol. The topological polar surface area (TPSA) is 3.24 Å². The Kier molecular flexibility index (Phi) is 6.03. The van der Waals surface area contributed by atoms with Crippen LogP contribution in [0.4, 0.5) is 0 Å². The Morgan fingerprint density at radius 3 is 1.80 bits per heavy atom. The van der Waals surface area contributed by atoms with Gasteiger partial charge in [0.2, 0.25) is 0 Å². The Morgan fingerprint density at radius 1 is 1.20 bits per heavy atom. The van der Waals surface area contributed by atoms with Gasteiger partial charge in [-0.25, -0.2) is 0 Å². The highest BCUT2D eigenvalue weighted by molar-refractivity contribution is 6.11. The smallest absolute Gasteiger partial charge is 0.0241 e. The fraction of sp³-hybridized carbons (Fsp3) is 1.00. The summed E-state index contributed by atoms with van der Waals surface area (Å²) < 4.78 is 0. The Hall–Kier alpha value is 0.177. The van der Waals surface area contributed by atoms with Crippen LogP contribution in [0.25, 0.3) is 0 Å². The molecular formula is C8H21NSi. The maximum atomic E-state index is 2.59. The highest BCUT2D eigenvalue weighted by atomic mass is 28.1. The van der Waals surface area contributed by atoms with Crippen LogP contribution in [0.2, 0.25) is 0 Å². The normalized spacial score (nSPS) is 14.4. The third kappa shape index (κ3) is 4.07. The van der Waals surface area contributed by atoms with Crippen molar-refractivity contribution in [2.75, 3.05) is 13.1 Å². The molecule has 0 aliphatic carbocycles. The van der Waals surface area contributed by atoms with Crippen LogP contribution in [-0.4, -0.2) is 33.9 Å². The summed E-state index contributed by atoms with van der Waals surface area (Å²) in [6.45, 7) is 9.42. The van der Waals surface area contributed by atoms with Gasteiger partial charge in [-0.15, -0.1) is 0 Å². The molecule has 0 spiro atoms. The Bertz CT molecular complexity index is 67.7. The van der Waals surface area contributed by atoms with E-state index in [4.69, 9.17) is 0 Å². The molecule has 0 aromatic heterocycles. The van der Waals surface area contributed by atoms with E-state index in [0.717, 1.165) is 5.67 Å². The highest BCUT2D eigenvalue weighted by Crippen LogP contribution is 1.97. The van der Waals surface area contributed by atoms with Gasteiger partial charge in [0.25, 0.3) is 0 Å². The first-order valence-electron chi connectivity index (χ1n) is 4.46. The molecule has 0 aromatic rings. The summed E-state index contributed by atoms with van der Waals surface area (Å²) in [6, 6.07) is 0. The fourth-order valence-electron chi connectivity index (χ4n) is 1.20. The molecule has 2 heteroatoms. The van der Waals surface area contributed by atoms with E-state index < -0.39 is 0 Å². The molecule has 0 aromatic carbocycles. The lowest BCUT2D eigenvalue weighted by Gasteiger charge is -2.25. The van der Waals surface area contributed by atoms with Gasteiger partial charge >= 0.3 is 0 Å². The Balaban J connectivity index is 3.50. The highest BCUT2D eigenvalue weighted by Gasteiger charge is 2.04. The first-order valence-corrected chi connectivity index (χ1v) is 5.61. The minimum absolute atomic E-state index is 0.861. The molecule has 0 amide bonds. The molecule has 0 heterocycles. The van der Waals surface area contributed by atoms with E-state index >= 15 is 0 Å². The molecule has 1 atom stereocenters. The molecule has 0 bridgehead atoms. The maximum Gasteiger partial charge on any atom is 0.0241 e. The number of nitrogens with zero attached hydrogens (tertiary/aromatic N) is 1. The molecule has 0 aliphatic heterocycles. The quantitative estimate of drug-likeness (QED) is 0.537. The van der Waals surface area contributed by atoms with Gasteiger partial charge in [-0.2, -0.15) is 0 Å². The van der Waals surface area contributed by atoms with E-state index in [1.165, 1.54) is 36.2 Å². The standard InChI is InChI=1S/C8H21NSi/c1-4-6-9(7-5-2)8(3)10/h8H,4-7H2,1-3,10H3. The zero-order valence-corrected chi connectivity index (χ0v) is 9.85. The van der Waals surface area contributed by atoms with Gasteiger partial charge in [-0.1, -0.05) is 20.8 Å². The molecule has 0 saturated carbocycles. The second-order valence-electron chi connectivity index (χ2n) is 3.13. The SMILES string of the molecule is CCCN(CCC)C(C)[SiH3]. The molecule has 0 fully saturated rings. The third-order valence-corrected chi connectivity index (χ3v) is 2.48. The molecule has 0 rings (SSSR count). The zero-order valence-electron chi connectivity index (χ0n) is 7.85. The molecule has 0 radical (unpaired) electrons. The van der Waals surface area contributed by atoms with Gasteiger partial charge in [-0.05, 0) is 31.6 Å². The molecule has 0 aliphatic rings. The maximum absolute atomic E-state index is 2.59. The van der Waals surface area contributed by atoms with E-state index in [0.29, 0.717) is 0 Å². The molecule has 62 valence electrons. The Morgan fingerprint density at radius 2 is 1.60 bits per heavy atom. The van der Waals surface area contributed by atoms with Crippen LogP contribution in [0.3, 0.4) is 0 Å². The first-order chi connectivity index (χ1) is 4.72. The summed E-state index contributed by atoms with van der Waals surface area (Å²) in [5.74, 6) is 0. The van der Waals surface area contributed by atoms with E-state index in [9.17, 15) is 0 Å². The van der Waals surface area contributed by atoms with Gasteiger partial charge in [0, 0.05) is 10.2 Å². The fourth-order valence-corrected chi connectivity index (χ4v) is 1.72. The molecular weight excluding hydrogens is 138 g/mol. The van der Waals surface area contributed by atoms with Crippen molar-refractivity contribution in [3.05, 3.63) is 0 Å². The predicted octanol–water partition coefficient (Wildman–Crippen LogP) is 0.820. The summed E-state index contributed by atoms with van der Waals surface area (Å²) in [5.41, 5.74) is 0.861. The zero-order chi connectivity index (χ0) is 7.98. The summed E-state index contributed by atoms with van der Waals surface area (Å²) in [5, 5.41) is 0. The molecule has 0 N–H and O–H groups in total. The number of hydrogen-bond donors (Lipinski definition) is 0. The predicted molar refractivity (Wildman–Crippen MR) is 51.6 cm³/mol. The number of hydrogen-bond acceptors (Lipinski definition) is 1. The molecule has 0 saturated heterocycles. The van der Waals surface area contributed by atoms with Crippen molar-refractivity contribution in [2.45, 2.75) is 39.3 Å². The van der Waals surface area contributed by atoms with Gasteiger partial charge < -0.3 is 4.90 Å². The van der Waals surface area contributed by atoms with Crippen LogP contribution in [0.1, 0.15) is 33.6 Å². The van der Waals surface area contributed by atoms with Crippen LogP contribution >= 0.6 is 0 Å². The van der Waals surface area contributed by atoms with E-state index in [2.05, 4.69) is 25.7 Å². The van der Waals surface area contributed by atoms with Crippen LogP contribution < -0.4 is 0 Å². The molecule has 10 heavy (non-hydrogen) atoms. The summed E-state index contributed by atoms with van der Waals surface area (Å²) in [7, 11) is 1.31. The lowest BCUT2D eigenvalue weighted by molar-refractivity contribution is 0.263. The van der Waals surface area contributed by atoms with Gasteiger partial charge in [0.15, 0.2) is 0 Å². The van der Waals surface area contributed by atoms with Crippen LogP contribution in [0.5, 0.6) is 0 Å². The van der Waals surface area contributed by atoms with Gasteiger partial charge in [0.05, 0.1) is 0 Å².